The maximum atomic E-state index is 9.13. The number of rotatable bonds is 6. The lowest BCUT2D eigenvalue weighted by Crippen LogP contribution is -2.11. The molecule has 0 amide bonds. The van der Waals surface area contributed by atoms with Gasteiger partial charge < -0.3 is 15.2 Å². The molecule has 0 aliphatic rings. The van der Waals surface area contributed by atoms with Crippen molar-refractivity contribution < 1.29 is 9.84 Å². The largest absolute Gasteiger partial charge is 0.493 e. The Morgan fingerprint density at radius 2 is 2.25 bits per heavy atom. The summed E-state index contributed by atoms with van der Waals surface area (Å²) in [5.41, 5.74) is 1.03. The van der Waals surface area contributed by atoms with E-state index >= 15 is 0 Å². The molecule has 0 heterocycles. The van der Waals surface area contributed by atoms with E-state index in [0.29, 0.717) is 24.6 Å². The first-order valence-corrected chi connectivity index (χ1v) is 5.75. The second kappa shape index (κ2) is 6.74. The van der Waals surface area contributed by atoms with Gasteiger partial charge in [0.25, 0.3) is 0 Å². The van der Waals surface area contributed by atoms with E-state index < -0.39 is 0 Å². The van der Waals surface area contributed by atoms with Gasteiger partial charge in [0.05, 0.1) is 12.7 Å². The lowest BCUT2D eigenvalue weighted by Gasteiger charge is -2.12. The van der Waals surface area contributed by atoms with Crippen molar-refractivity contribution in [2.75, 3.05) is 13.7 Å². The Balaban J connectivity index is 2.63. The number of halogens is 1. The molecule has 0 spiro atoms. The molecular weight excluding hydrogens is 226 g/mol. The molecule has 1 rings (SSSR count). The van der Waals surface area contributed by atoms with Crippen molar-refractivity contribution in [3.8, 4) is 5.75 Å². The predicted octanol–water partition coefficient (Wildman–Crippen LogP) is 2.21. The number of hydrogen-bond donors (Lipinski definition) is 2. The number of benzene rings is 1. The molecule has 4 heteroatoms. The molecule has 0 radical (unpaired) electrons. The number of hydrogen-bond acceptors (Lipinski definition) is 3. The van der Waals surface area contributed by atoms with E-state index in [1.165, 1.54) is 0 Å². The number of aliphatic hydroxyl groups is 1. The molecular formula is C12H18ClNO2. The molecule has 0 fully saturated rings. The van der Waals surface area contributed by atoms with Crippen molar-refractivity contribution >= 4 is 11.6 Å². The molecule has 0 saturated carbocycles. The van der Waals surface area contributed by atoms with Crippen LogP contribution >= 0.6 is 11.6 Å². The molecule has 0 aliphatic carbocycles. The van der Waals surface area contributed by atoms with E-state index in [9.17, 15) is 0 Å². The van der Waals surface area contributed by atoms with Crippen molar-refractivity contribution in [3.05, 3.63) is 28.8 Å². The van der Waals surface area contributed by atoms with Gasteiger partial charge in [-0.15, -0.1) is 0 Å². The van der Waals surface area contributed by atoms with E-state index in [1.807, 2.05) is 19.2 Å². The van der Waals surface area contributed by atoms with E-state index in [0.717, 1.165) is 11.3 Å². The lowest BCUT2D eigenvalue weighted by molar-refractivity contribution is 0.155. The summed E-state index contributed by atoms with van der Waals surface area (Å²) in [6.07, 6.45) is 0.293. The lowest BCUT2D eigenvalue weighted by atomic mass is 10.2. The van der Waals surface area contributed by atoms with E-state index in [-0.39, 0.29) is 6.10 Å². The molecule has 1 atom stereocenters. The zero-order chi connectivity index (χ0) is 12.0. The van der Waals surface area contributed by atoms with Crippen LogP contribution in [0.3, 0.4) is 0 Å². The van der Waals surface area contributed by atoms with Crippen LogP contribution in [0.25, 0.3) is 0 Å². The van der Waals surface area contributed by atoms with E-state index in [1.54, 1.807) is 13.0 Å². The maximum Gasteiger partial charge on any atom is 0.123 e. The van der Waals surface area contributed by atoms with Crippen molar-refractivity contribution in [2.45, 2.75) is 26.0 Å². The predicted molar refractivity (Wildman–Crippen MR) is 66.0 cm³/mol. The minimum atomic E-state index is -0.333. The smallest absolute Gasteiger partial charge is 0.123 e. The zero-order valence-electron chi connectivity index (χ0n) is 9.66. The van der Waals surface area contributed by atoms with Gasteiger partial charge in [-0.3, -0.25) is 0 Å². The van der Waals surface area contributed by atoms with E-state index in [4.69, 9.17) is 21.4 Å². The molecule has 1 unspecified atom stereocenters. The summed E-state index contributed by atoms with van der Waals surface area (Å²) >= 11 is 5.91. The van der Waals surface area contributed by atoms with Crippen molar-refractivity contribution in [1.82, 2.24) is 5.32 Å². The van der Waals surface area contributed by atoms with Crippen molar-refractivity contribution in [3.63, 3.8) is 0 Å². The first-order valence-electron chi connectivity index (χ1n) is 5.37. The first kappa shape index (κ1) is 13.3. The second-order valence-corrected chi connectivity index (χ2v) is 4.20. The number of nitrogens with one attached hydrogen (secondary N) is 1. The maximum absolute atomic E-state index is 9.13. The Hall–Kier alpha value is -0.770. The van der Waals surface area contributed by atoms with Gasteiger partial charge in [-0.05, 0) is 32.2 Å². The minimum Gasteiger partial charge on any atom is -0.493 e. The minimum absolute atomic E-state index is 0.333. The number of ether oxygens (including phenoxy) is 1. The van der Waals surface area contributed by atoms with Crippen LogP contribution in [0.1, 0.15) is 18.9 Å². The highest BCUT2D eigenvalue weighted by atomic mass is 35.5. The quantitative estimate of drug-likeness (QED) is 0.805. The van der Waals surface area contributed by atoms with Gasteiger partial charge in [-0.25, -0.2) is 0 Å². The third kappa shape index (κ3) is 4.39. The van der Waals surface area contributed by atoms with E-state index in [2.05, 4.69) is 5.32 Å². The Morgan fingerprint density at radius 3 is 2.88 bits per heavy atom. The van der Waals surface area contributed by atoms with Crippen molar-refractivity contribution in [2.24, 2.45) is 0 Å². The van der Waals surface area contributed by atoms with Gasteiger partial charge in [0.15, 0.2) is 0 Å². The highest BCUT2D eigenvalue weighted by Gasteiger charge is 2.04. The Morgan fingerprint density at radius 1 is 1.50 bits per heavy atom. The summed E-state index contributed by atoms with van der Waals surface area (Å²) in [6.45, 7) is 2.97. The molecule has 1 aromatic rings. The molecule has 0 aromatic heterocycles. The molecule has 0 aliphatic heterocycles. The van der Waals surface area contributed by atoms with Gasteiger partial charge in [-0.1, -0.05) is 11.6 Å². The molecule has 0 saturated heterocycles. The fourth-order valence-electron chi connectivity index (χ4n) is 1.36. The molecule has 2 N–H and O–H groups in total. The molecule has 90 valence electrons. The molecule has 16 heavy (non-hydrogen) atoms. The highest BCUT2D eigenvalue weighted by molar-refractivity contribution is 6.30. The third-order valence-electron chi connectivity index (χ3n) is 2.18. The Kier molecular flexibility index (Phi) is 5.60. The van der Waals surface area contributed by atoms with Gasteiger partial charge in [0.1, 0.15) is 5.75 Å². The topological polar surface area (TPSA) is 41.5 Å². The summed E-state index contributed by atoms with van der Waals surface area (Å²) in [7, 11) is 1.88. The fourth-order valence-corrected chi connectivity index (χ4v) is 1.55. The summed E-state index contributed by atoms with van der Waals surface area (Å²) in [6, 6.07) is 5.55. The van der Waals surface area contributed by atoms with Gasteiger partial charge >= 0.3 is 0 Å². The third-order valence-corrected chi connectivity index (χ3v) is 2.42. The van der Waals surface area contributed by atoms with Crippen LogP contribution in [-0.4, -0.2) is 24.9 Å². The number of aliphatic hydroxyl groups excluding tert-OH is 1. The van der Waals surface area contributed by atoms with Crippen LogP contribution < -0.4 is 10.1 Å². The molecule has 3 nitrogen and oxygen atoms in total. The highest BCUT2D eigenvalue weighted by Crippen LogP contribution is 2.23. The van der Waals surface area contributed by atoms with Crippen molar-refractivity contribution in [1.29, 1.82) is 0 Å². The van der Waals surface area contributed by atoms with Gasteiger partial charge in [0.2, 0.25) is 0 Å². The van der Waals surface area contributed by atoms with Gasteiger partial charge in [-0.2, -0.15) is 0 Å². The molecule has 1 aromatic carbocycles. The Labute approximate surface area is 101 Å². The van der Waals surface area contributed by atoms with Crippen LogP contribution in [0, 0.1) is 0 Å². The fraction of sp³-hybridized carbons (Fsp3) is 0.500. The summed E-state index contributed by atoms with van der Waals surface area (Å²) < 4.78 is 5.60. The zero-order valence-corrected chi connectivity index (χ0v) is 10.4. The second-order valence-electron chi connectivity index (χ2n) is 3.77. The average molecular weight is 244 g/mol. The Bertz CT molecular complexity index is 329. The standard InChI is InChI=1S/C12H18ClNO2/c1-9(15)5-6-16-12-4-3-11(13)7-10(12)8-14-2/h3-4,7,9,14-15H,5-6,8H2,1-2H3. The first-order chi connectivity index (χ1) is 7.63. The van der Waals surface area contributed by atoms with Crippen LogP contribution in [0.4, 0.5) is 0 Å². The summed E-state index contributed by atoms with van der Waals surface area (Å²) in [5.74, 6) is 0.819. The normalized spacial score (nSPS) is 12.5. The van der Waals surface area contributed by atoms with Gasteiger partial charge in [0, 0.05) is 23.6 Å². The SMILES string of the molecule is CNCc1cc(Cl)ccc1OCCC(C)O. The molecule has 0 bridgehead atoms. The van der Waals surface area contributed by atoms with Crippen LogP contribution in [-0.2, 0) is 6.54 Å². The van der Waals surface area contributed by atoms with Crippen LogP contribution in [0.5, 0.6) is 5.75 Å². The summed E-state index contributed by atoms with van der Waals surface area (Å²) in [5, 5.41) is 12.9. The van der Waals surface area contributed by atoms with Crippen LogP contribution in [0.15, 0.2) is 18.2 Å². The summed E-state index contributed by atoms with van der Waals surface area (Å²) in [4.78, 5) is 0. The van der Waals surface area contributed by atoms with Crippen LogP contribution in [0.2, 0.25) is 5.02 Å². The average Bonchev–Trinajstić information content (AvgIpc) is 2.21. The monoisotopic (exact) mass is 243 g/mol.